The Hall–Kier alpha value is -4.51. The fourth-order valence-electron chi connectivity index (χ4n) is 3.68. The summed E-state index contributed by atoms with van der Waals surface area (Å²) < 4.78 is 0. The van der Waals surface area contributed by atoms with Gasteiger partial charge in [-0.1, -0.05) is 60.7 Å². The van der Waals surface area contributed by atoms with E-state index in [9.17, 15) is 19.2 Å². The van der Waals surface area contributed by atoms with Gasteiger partial charge in [-0.25, -0.2) is 4.98 Å². The molecule has 0 bridgehead atoms. The highest BCUT2D eigenvalue weighted by Gasteiger charge is 2.29. The molecule has 1 aromatic heterocycles. The Kier molecular flexibility index (Phi) is 9.91. The van der Waals surface area contributed by atoms with Crippen LogP contribution in [0.25, 0.3) is 0 Å². The number of aromatic amines is 1. The Bertz CT molecular complexity index is 1170. The molecule has 11 nitrogen and oxygen atoms in total. The van der Waals surface area contributed by atoms with Gasteiger partial charge in [0.1, 0.15) is 18.6 Å². The molecule has 0 saturated heterocycles. The van der Waals surface area contributed by atoms with E-state index in [4.69, 9.17) is 10.8 Å². The number of carbonyl (C=O) groups is 4. The van der Waals surface area contributed by atoms with E-state index in [1.54, 1.807) is 0 Å². The summed E-state index contributed by atoms with van der Waals surface area (Å²) >= 11 is 0. The topological polar surface area (TPSA) is 179 Å². The van der Waals surface area contributed by atoms with Gasteiger partial charge in [-0.3, -0.25) is 19.2 Å². The number of hydrogen-bond donors (Lipinski definition) is 6. The van der Waals surface area contributed by atoms with Crippen LogP contribution in [0.2, 0.25) is 0 Å². The van der Waals surface area contributed by atoms with Gasteiger partial charge in [0.05, 0.1) is 12.4 Å². The van der Waals surface area contributed by atoms with Crippen molar-refractivity contribution in [3.63, 3.8) is 0 Å². The van der Waals surface area contributed by atoms with E-state index in [-0.39, 0.29) is 19.3 Å². The molecule has 0 aliphatic heterocycles. The van der Waals surface area contributed by atoms with Gasteiger partial charge in [0, 0.05) is 24.7 Å². The summed E-state index contributed by atoms with van der Waals surface area (Å²) in [5, 5.41) is 16.6. The summed E-state index contributed by atoms with van der Waals surface area (Å²) in [5.41, 5.74) is 8.35. The zero-order valence-electron chi connectivity index (χ0n) is 20.1. The lowest BCUT2D eigenvalue weighted by molar-refractivity contribution is -0.138. The minimum Gasteiger partial charge on any atom is -0.480 e. The van der Waals surface area contributed by atoms with Crippen molar-refractivity contribution in [1.82, 2.24) is 25.9 Å². The molecular weight excluding hydrogens is 476 g/mol. The van der Waals surface area contributed by atoms with Crippen molar-refractivity contribution in [2.45, 2.75) is 37.4 Å². The monoisotopic (exact) mass is 506 g/mol. The molecule has 0 saturated carbocycles. The molecule has 0 aliphatic rings. The van der Waals surface area contributed by atoms with E-state index >= 15 is 0 Å². The molecule has 3 atom stereocenters. The second-order valence-electron chi connectivity index (χ2n) is 8.50. The van der Waals surface area contributed by atoms with Crippen molar-refractivity contribution in [2.24, 2.45) is 5.73 Å². The molecule has 3 unspecified atom stereocenters. The number of nitrogens with two attached hydrogens (primary N) is 1. The van der Waals surface area contributed by atoms with Crippen molar-refractivity contribution in [3.8, 4) is 0 Å². The van der Waals surface area contributed by atoms with Gasteiger partial charge in [0.2, 0.25) is 17.7 Å². The van der Waals surface area contributed by atoms with Crippen LogP contribution in [-0.4, -0.2) is 63.4 Å². The highest BCUT2D eigenvalue weighted by molar-refractivity contribution is 5.94. The average molecular weight is 507 g/mol. The Morgan fingerprint density at radius 1 is 0.811 bits per heavy atom. The standard InChI is InChI=1S/C26H30N6O5/c27-20(11-17-7-3-1-4-8-17)24(35)31-21(12-18-9-5-2-6-10-18)26(37)32-22(13-19-14-28-16-30-19)25(36)29-15-23(33)34/h1-10,14,16,20-22H,11-13,15,27H2,(H,28,30)(H,29,36)(H,31,35)(H,32,37)(H,33,34). The Labute approximate surface area is 213 Å². The molecule has 3 amide bonds. The molecule has 2 aromatic carbocycles. The predicted octanol–water partition coefficient (Wildman–Crippen LogP) is -0.0647. The summed E-state index contributed by atoms with van der Waals surface area (Å²) in [7, 11) is 0. The maximum Gasteiger partial charge on any atom is 0.322 e. The van der Waals surface area contributed by atoms with Crippen LogP contribution >= 0.6 is 0 Å². The van der Waals surface area contributed by atoms with E-state index in [0.717, 1.165) is 11.1 Å². The number of imidazole rings is 1. The average Bonchev–Trinajstić information content (AvgIpc) is 3.40. The third kappa shape index (κ3) is 8.89. The minimum absolute atomic E-state index is 0.0384. The predicted molar refractivity (Wildman–Crippen MR) is 135 cm³/mol. The quantitative estimate of drug-likeness (QED) is 0.188. The summed E-state index contributed by atoms with van der Waals surface area (Å²) in [6, 6.07) is 15.3. The largest absolute Gasteiger partial charge is 0.480 e. The Morgan fingerprint density at radius 3 is 1.95 bits per heavy atom. The van der Waals surface area contributed by atoms with E-state index in [1.807, 2.05) is 60.7 Å². The zero-order chi connectivity index (χ0) is 26.6. The second kappa shape index (κ2) is 13.5. The molecule has 3 rings (SSSR count). The van der Waals surface area contributed by atoms with Gasteiger partial charge >= 0.3 is 5.97 Å². The van der Waals surface area contributed by atoms with Gasteiger partial charge in [-0.15, -0.1) is 0 Å². The molecule has 0 aliphatic carbocycles. The van der Waals surface area contributed by atoms with Gasteiger partial charge in [0.25, 0.3) is 0 Å². The van der Waals surface area contributed by atoms with Crippen molar-refractivity contribution in [1.29, 1.82) is 0 Å². The molecule has 7 N–H and O–H groups in total. The van der Waals surface area contributed by atoms with Crippen LogP contribution in [0, 0.1) is 0 Å². The first-order valence-corrected chi connectivity index (χ1v) is 11.7. The number of carbonyl (C=O) groups excluding carboxylic acids is 3. The van der Waals surface area contributed by atoms with Crippen LogP contribution in [0.5, 0.6) is 0 Å². The first-order valence-electron chi connectivity index (χ1n) is 11.7. The van der Waals surface area contributed by atoms with Gasteiger partial charge in [-0.05, 0) is 17.5 Å². The van der Waals surface area contributed by atoms with Crippen LogP contribution in [0.15, 0.2) is 73.2 Å². The van der Waals surface area contributed by atoms with Crippen LogP contribution in [0.1, 0.15) is 16.8 Å². The summed E-state index contributed by atoms with van der Waals surface area (Å²) in [6.45, 7) is -0.604. The lowest BCUT2D eigenvalue weighted by Gasteiger charge is -2.24. The van der Waals surface area contributed by atoms with E-state index < -0.39 is 48.4 Å². The van der Waals surface area contributed by atoms with Crippen LogP contribution < -0.4 is 21.7 Å². The second-order valence-corrected chi connectivity index (χ2v) is 8.50. The third-order valence-electron chi connectivity index (χ3n) is 5.58. The fraction of sp³-hybridized carbons (Fsp3) is 0.269. The smallest absolute Gasteiger partial charge is 0.322 e. The van der Waals surface area contributed by atoms with E-state index in [0.29, 0.717) is 5.69 Å². The number of nitrogens with one attached hydrogen (secondary N) is 4. The molecule has 11 heteroatoms. The summed E-state index contributed by atoms with van der Waals surface area (Å²) in [6.07, 6.45) is 3.40. The maximum absolute atomic E-state index is 13.4. The van der Waals surface area contributed by atoms with Crippen molar-refractivity contribution < 1.29 is 24.3 Å². The third-order valence-corrected chi connectivity index (χ3v) is 5.58. The molecule has 0 radical (unpaired) electrons. The lowest BCUT2D eigenvalue weighted by atomic mass is 10.0. The summed E-state index contributed by atoms with van der Waals surface area (Å²) in [5.74, 6) is -3.03. The van der Waals surface area contributed by atoms with Crippen LogP contribution in [0.3, 0.4) is 0 Å². The van der Waals surface area contributed by atoms with Crippen LogP contribution in [0.4, 0.5) is 0 Å². The first-order chi connectivity index (χ1) is 17.8. The number of benzene rings is 2. The molecule has 37 heavy (non-hydrogen) atoms. The van der Waals surface area contributed by atoms with E-state index in [1.165, 1.54) is 12.5 Å². The highest BCUT2D eigenvalue weighted by atomic mass is 16.4. The number of nitrogens with zero attached hydrogens (tertiary/aromatic N) is 1. The first kappa shape index (κ1) is 27.1. The number of carboxylic acid groups (broad SMARTS) is 1. The van der Waals surface area contributed by atoms with Crippen molar-refractivity contribution in [2.75, 3.05) is 6.54 Å². The van der Waals surface area contributed by atoms with Crippen LogP contribution in [-0.2, 0) is 38.4 Å². The number of carboxylic acids is 1. The molecule has 1 heterocycles. The zero-order valence-corrected chi connectivity index (χ0v) is 20.1. The van der Waals surface area contributed by atoms with Gasteiger partial charge in [0.15, 0.2) is 0 Å². The maximum atomic E-state index is 13.4. The van der Waals surface area contributed by atoms with Gasteiger partial charge < -0.3 is 31.8 Å². The summed E-state index contributed by atoms with van der Waals surface area (Å²) in [4.78, 5) is 56.7. The Morgan fingerprint density at radius 2 is 1.38 bits per heavy atom. The number of aromatic nitrogens is 2. The molecule has 0 spiro atoms. The fourth-order valence-corrected chi connectivity index (χ4v) is 3.68. The van der Waals surface area contributed by atoms with E-state index in [2.05, 4.69) is 25.9 Å². The molecule has 0 fully saturated rings. The minimum atomic E-state index is -1.22. The lowest BCUT2D eigenvalue weighted by Crippen LogP contribution is -2.57. The molecule has 194 valence electrons. The van der Waals surface area contributed by atoms with Crippen molar-refractivity contribution in [3.05, 3.63) is 90.0 Å². The number of H-pyrrole nitrogens is 1. The number of amides is 3. The highest BCUT2D eigenvalue weighted by Crippen LogP contribution is 2.07. The SMILES string of the molecule is NC(Cc1ccccc1)C(=O)NC(Cc1ccccc1)C(=O)NC(Cc1cnc[nH]1)C(=O)NCC(=O)O. The molecular formula is C26H30N6O5. The van der Waals surface area contributed by atoms with Crippen molar-refractivity contribution >= 4 is 23.7 Å². The normalized spacial score (nSPS) is 13.1. The number of hydrogen-bond acceptors (Lipinski definition) is 6. The number of aliphatic carboxylic acids is 1. The van der Waals surface area contributed by atoms with Gasteiger partial charge in [-0.2, -0.15) is 0 Å². The Balaban J connectivity index is 1.75. The number of rotatable bonds is 13. The molecule has 3 aromatic rings.